The Bertz CT molecular complexity index is 1040. The molecule has 0 spiro atoms. The number of carbonyl (C=O) groups is 1. The number of hydrogen-bond acceptors (Lipinski definition) is 7. The molecule has 7 nitrogen and oxygen atoms in total. The molecule has 0 aliphatic carbocycles. The average molecular weight is 410 g/mol. The van der Waals surface area contributed by atoms with Crippen LogP contribution in [0.2, 0.25) is 0 Å². The van der Waals surface area contributed by atoms with E-state index in [0.717, 1.165) is 18.7 Å². The van der Waals surface area contributed by atoms with E-state index < -0.39 is 0 Å². The number of carbonyl (C=O) groups excluding carboxylic acids is 1. The molecule has 30 heavy (non-hydrogen) atoms. The van der Waals surface area contributed by atoms with Crippen molar-refractivity contribution in [3.8, 4) is 17.1 Å². The number of Topliss-reactive ketones (excluding diaryl/α,β-unsaturated/α-hetero) is 1. The molecule has 0 bridgehead atoms. The lowest BCUT2D eigenvalue weighted by Crippen LogP contribution is -2.46. The van der Waals surface area contributed by atoms with Crippen LogP contribution >= 0.6 is 0 Å². The van der Waals surface area contributed by atoms with E-state index >= 15 is 0 Å². The summed E-state index contributed by atoms with van der Waals surface area (Å²) in [6.07, 6.45) is 0. The zero-order chi connectivity index (χ0) is 21.1. The molecule has 4 rings (SSSR count). The van der Waals surface area contributed by atoms with Gasteiger partial charge in [-0.15, -0.1) is 0 Å². The monoisotopic (exact) mass is 410 g/mol. The molecule has 0 saturated carbocycles. The van der Waals surface area contributed by atoms with E-state index in [1.54, 1.807) is 19.2 Å². The van der Waals surface area contributed by atoms with Crippen LogP contribution in [0.15, 0.2) is 47.0 Å². The van der Waals surface area contributed by atoms with Gasteiger partial charge in [0.15, 0.2) is 5.78 Å². The molecule has 0 atom stereocenters. The summed E-state index contributed by atoms with van der Waals surface area (Å²) < 4.78 is 25.2. The number of piperazine rings is 1. The molecule has 1 aliphatic heterocycles. The predicted molar refractivity (Wildman–Crippen MR) is 110 cm³/mol. The zero-order valence-electron chi connectivity index (χ0n) is 17.0. The third kappa shape index (κ3) is 4.18. The maximum atomic E-state index is 14.4. The molecule has 156 valence electrons. The predicted octanol–water partition coefficient (Wildman–Crippen LogP) is 3.41. The smallest absolute Gasteiger partial charge is 0.241 e. The van der Waals surface area contributed by atoms with Crippen LogP contribution in [0.5, 0.6) is 5.75 Å². The molecular formula is C22H23FN4O3. The number of benzene rings is 2. The normalized spacial score (nSPS) is 14.7. The van der Waals surface area contributed by atoms with E-state index in [2.05, 4.69) is 15.0 Å². The van der Waals surface area contributed by atoms with Gasteiger partial charge in [0.2, 0.25) is 11.7 Å². The number of halogens is 1. The van der Waals surface area contributed by atoms with Gasteiger partial charge in [0.25, 0.3) is 0 Å². The van der Waals surface area contributed by atoms with Crippen LogP contribution in [-0.2, 0) is 6.54 Å². The van der Waals surface area contributed by atoms with E-state index in [1.807, 2.05) is 29.2 Å². The third-order valence-corrected chi connectivity index (χ3v) is 5.24. The first kappa shape index (κ1) is 20.0. The second-order valence-electron chi connectivity index (χ2n) is 7.20. The number of rotatable bonds is 6. The Morgan fingerprint density at radius 2 is 1.93 bits per heavy atom. The molecule has 8 heteroatoms. The Labute approximate surface area is 174 Å². The second-order valence-corrected chi connectivity index (χ2v) is 7.20. The first-order valence-electron chi connectivity index (χ1n) is 9.79. The quantitative estimate of drug-likeness (QED) is 0.577. The number of hydrogen-bond donors (Lipinski definition) is 0. The van der Waals surface area contributed by atoms with Crippen molar-refractivity contribution in [2.45, 2.75) is 13.5 Å². The molecule has 0 radical (unpaired) electrons. The molecule has 1 fully saturated rings. The van der Waals surface area contributed by atoms with E-state index in [1.165, 1.54) is 13.0 Å². The minimum atomic E-state index is -0.366. The standard InChI is InChI=1S/C22H23FN4O3/c1-15(28)16-7-8-19(18(23)13-16)27-11-9-26(10-12-27)14-21-24-22(25-30-21)17-5-3-4-6-20(17)29-2/h3-8,13H,9-12,14H2,1-2H3. The highest BCUT2D eigenvalue weighted by Gasteiger charge is 2.22. The molecule has 0 amide bonds. The maximum absolute atomic E-state index is 14.4. The zero-order valence-corrected chi connectivity index (χ0v) is 17.0. The van der Waals surface area contributed by atoms with Crippen LogP contribution in [0.3, 0.4) is 0 Å². The van der Waals surface area contributed by atoms with Gasteiger partial charge in [0, 0.05) is 31.7 Å². The van der Waals surface area contributed by atoms with Gasteiger partial charge in [-0.1, -0.05) is 17.3 Å². The Morgan fingerprint density at radius 3 is 2.63 bits per heavy atom. The Hall–Kier alpha value is -3.26. The Balaban J connectivity index is 1.38. The first-order chi connectivity index (χ1) is 14.5. The highest BCUT2D eigenvalue weighted by Crippen LogP contribution is 2.27. The summed E-state index contributed by atoms with van der Waals surface area (Å²) >= 11 is 0. The fraction of sp³-hybridized carbons (Fsp3) is 0.318. The molecule has 1 aliphatic rings. The van der Waals surface area contributed by atoms with Gasteiger partial charge >= 0.3 is 0 Å². The summed E-state index contributed by atoms with van der Waals surface area (Å²) in [5.41, 5.74) is 1.69. The largest absolute Gasteiger partial charge is 0.496 e. The van der Waals surface area contributed by atoms with Crippen molar-refractivity contribution in [2.24, 2.45) is 0 Å². The van der Waals surface area contributed by atoms with Gasteiger partial charge < -0.3 is 14.2 Å². The van der Waals surface area contributed by atoms with Crippen molar-refractivity contribution in [1.82, 2.24) is 15.0 Å². The number of para-hydroxylation sites is 1. The second kappa shape index (κ2) is 8.62. The number of aromatic nitrogens is 2. The summed E-state index contributed by atoms with van der Waals surface area (Å²) in [7, 11) is 1.61. The van der Waals surface area contributed by atoms with Crippen LogP contribution in [0.1, 0.15) is 23.2 Å². The first-order valence-corrected chi connectivity index (χ1v) is 9.79. The minimum Gasteiger partial charge on any atom is -0.496 e. The maximum Gasteiger partial charge on any atom is 0.241 e. The lowest BCUT2D eigenvalue weighted by atomic mass is 10.1. The number of nitrogens with zero attached hydrogens (tertiary/aromatic N) is 4. The van der Waals surface area contributed by atoms with Crippen molar-refractivity contribution >= 4 is 11.5 Å². The number of ketones is 1. The van der Waals surface area contributed by atoms with Crippen LogP contribution in [0.25, 0.3) is 11.4 Å². The minimum absolute atomic E-state index is 0.141. The fourth-order valence-corrected chi connectivity index (χ4v) is 3.58. The number of methoxy groups -OCH3 is 1. The van der Waals surface area contributed by atoms with E-state index in [0.29, 0.717) is 48.3 Å². The van der Waals surface area contributed by atoms with Crippen molar-refractivity contribution < 1.29 is 18.4 Å². The highest BCUT2D eigenvalue weighted by molar-refractivity contribution is 5.94. The summed E-state index contributed by atoms with van der Waals surface area (Å²) in [6.45, 7) is 4.78. The molecule has 2 aromatic carbocycles. The molecule has 0 N–H and O–H groups in total. The van der Waals surface area contributed by atoms with E-state index in [9.17, 15) is 9.18 Å². The summed E-state index contributed by atoms with van der Waals surface area (Å²) in [4.78, 5) is 20.1. The van der Waals surface area contributed by atoms with Crippen LogP contribution in [0, 0.1) is 5.82 Å². The van der Waals surface area contributed by atoms with E-state index in [-0.39, 0.29) is 11.6 Å². The Kier molecular flexibility index (Phi) is 5.76. The molecule has 3 aromatic rings. The molecule has 1 aromatic heterocycles. The SMILES string of the molecule is COc1ccccc1-c1noc(CN2CCN(c3ccc(C(C)=O)cc3F)CC2)n1. The molecular weight excluding hydrogens is 387 g/mol. The highest BCUT2D eigenvalue weighted by atomic mass is 19.1. The van der Waals surface area contributed by atoms with Crippen molar-refractivity contribution in [3.63, 3.8) is 0 Å². The molecule has 1 saturated heterocycles. The number of anilines is 1. The fourth-order valence-electron chi connectivity index (χ4n) is 3.58. The van der Waals surface area contributed by atoms with Crippen molar-refractivity contribution in [1.29, 1.82) is 0 Å². The topological polar surface area (TPSA) is 71.7 Å². The average Bonchev–Trinajstić information content (AvgIpc) is 3.22. The molecule has 0 unspecified atom stereocenters. The van der Waals surface area contributed by atoms with Gasteiger partial charge in [-0.3, -0.25) is 9.69 Å². The Morgan fingerprint density at radius 1 is 1.17 bits per heavy atom. The van der Waals surface area contributed by atoms with Crippen LogP contribution in [0.4, 0.5) is 10.1 Å². The lowest BCUT2D eigenvalue weighted by Gasteiger charge is -2.35. The summed E-state index contributed by atoms with van der Waals surface area (Å²) in [5, 5.41) is 4.08. The lowest BCUT2D eigenvalue weighted by molar-refractivity contribution is 0.101. The van der Waals surface area contributed by atoms with Gasteiger partial charge in [-0.25, -0.2) is 4.39 Å². The van der Waals surface area contributed by atoms with Crippen LogP contribution < -0.4 is 9.64 Å². The molecule has 2 heterocycles. The van der Waals surface area contributed by atoms with Gasteiger partial charge in [0.1, 0.15) is 11.6 Å². The summed E-state index contributed by atoms with van der Waals surface area (Å²) in [5.74, 6) is 1.21. The number of ether oxygens (including phenoxy) is 1. The van der Waals surface area contributed by atoms with Crippen LogP contribution in [-0.4, -0.2) is 54.1 Å². The third-order valence-electron chi connectivity index (χ3n) is 5.24. The van der Waals surface area contributed by atoms with Gasteiger partial charge in [-0.05, 0) is 37.3 Å². The van der Waals surface area contributed by atoms with E-state index in [4.69, 9.17) is 9.26 Å². The van der Waals surface area contributed by atoms with Gasteiger partial charge in [0.05, 0.1) is 24.9 Å². The van der Waals surface area contributed by atoms with Crippen molar-refractivity contribution in [2.75, 3.05) is 38.2 Å². The van der Waals surface area contributed by atoms with Gasteiger partial charge in [-0.2, -0.15) is 4.98 Å². The summed E-state index contributed by atoms with van der Waals surface area (Å²) in [6, 6.07) is 12.2. The van der Waals surface area contributed by atoms with Crippen molar-refractivity contribution in [3.05, 3.63) is 59.7 Å².